The fourth-order valence-electron chi connectivity index (χ4n) is 2.76. The highest BCUT2D eigenvalue weighted by Crippen LogP contribution is 2.48. The predicted octanol–water partition coefficient (Wildman–Crippen LogP) is 4.16. The molecule has 4 nitrogen and oxygen atoms in total. The quantitative estimate of drug-likeness (QED) is 0.858. The minimum absolute atomic E-state index is 0.0502. The van der Waals surface area contributed by atoms with Crippen molar-refractivity contribution < 1.29 is 14.0 Å². The van der Waals surface area contributed by atoms with Crippen LogP contribution >= 0.6 is 0 Å². The lowest BCUT2D eigenvalue weighted by molar-refractivity contribution is -0.119. The predicted molar refractivity (Wildman–Crippen MR) is 95.8 cm³/mol. The highest BCUT2D eigenvalue weighted by molar-refractivity contribution is 5.96. The SMILES string of the molecule is CC(C)C(=O)Nc1ccc(NC(=O)C2CC2c2ccccc2F)cc1. The molecular formula is C20H21FN2O2. The van der Waals surface area contributed by atoms with Crippen LogP contribution in [0.3, 0.4) is 0 Å². The summed E-state index contributed by atoms with van der Waals surface area (Å²) in [5.41, 5.74) is 1.95. The van der Waals surface area contributed by atoms with Gasteiger partial charge in [0, 0.05) is 23.2 Å². The van der Waals surface area contributed by atoms with Gasteiger partial charge in [0.1, 0.15) is 5.82 Å². The van der Waals surface area contributed by atoms with Gasteiger partial charge in [-0.05, 0) is 48.2 Å². The third kappa shape index (κ3) is 4.05. The van der Waals surface area contributed by atoms with E-state index in [1.165, 1.54) is 6.07 Å². The van der Waals surface area contributed by atoms with Gasteiger partial charge < -0.3 is 10.6 Å². The lowest BCUT2D eigenvalue weighted by Gasteiger charge is -2.09. The first kappa shape index (κ1) is 17.1. The molecule has 2 N–H and O–H groups in total. The van der Waals surface area contributed by atoms with Gasteiger partial charge in [-0.1, -0.05) is 32.0 Å². The van der Waals surface area contributed by atoms with Gasteiger partial charge in [0.2, 0.25) is 11.8 Å². The third-order valence-electron chi connectivity index (χ3n) is 4.38. The van der Waals surface area contributed by atoms with Gasteiger partial charge in [-0.25, -0.2) is 4.39 Å². The number of halogens is 1. The van der Waals surface area contributed by atoms with E-state index in [9.17, 15) is 14.0 Å². The molecule has 0 radical (unpaired) electrons. The normalized spacial score (nSPS) is 18.7. The van der Waals surface area contributed by atoms with Crippen LogP contribution in [-0.2, 0) is 9.59 Å². The summed E-state index contributed by atoms with van der Waals surface area (Å²) in [6.07, 6.45) is 0.662. The van der Waals surface area contributed by atoms with Gasteiger partial charge in [-0.3, -0.25) is 9.59 Å². The molecule has 2 aromatic rings. The molecule has 0 bridgehead atoms. The van der Waals surface area contributed by atoms with Crippen molar-refractivity contribution in [2.45, 2.75) is 26.2 Å². The highest BCUT2D eigenvalue weighted by Gasteiger charge is 2.45. The van der Waals surface area contributed by atoms with Crippen molar-refractivity contribution in [3.63, 3.8) is 0 Å². The number of rotatable bonds is 5. The maximum Gasteiger partial charge on any atom is 0.228 e. The summed E-state index contributed by atoms with van der Waals surface area (Å²) >= 11 is 0. The van der Waals surface area contributed by atoms with Crippen molar-refractivity contribution in [1.29, 1.82) is 0 Å². The zero-order chi connectivity index (χ0) is 18.0. The molecule has 5 heteroatoms. The van der Waals surface area contributed by atoms with Crippen molar-refractivity contribution in [1.82, 2.24) is 0 Å². The molecule has 2 aromatic carbocycles. The van der Waals surface area contributed by atoms with Crippen LogP contribution in [0.25, 0.3) is 0 Å². The zero-order valence-corrected chi connectivity index (χ0v) is 14.3. The molecule has 1 aliphatic carbocycles. The molecule has 1 saturated carbocycles. The summed E-state index contributed by atoms with van der Waals surface area (Å²) in [5, 5.41) is 5.65. The lowest BCUT2D eigenvalue weighted by atomic mass is 10.1. The van der Waals surface area contributed by atoms with Crippen molar-refractivity contribution >= 4 is 23.2 Å². The molecule has 1 fully saturated rings. The molecule has 0 aliphatic heterocycles. The summed E-state index contributed by atoms with van der Waals surface area (Å²) < 4.78 is 13.8. The number of hydrogen-bond acceptors (Lipinski definition) is 2. The Kier molecular flexibility index (Phi) is 4.83. The molecule has 1 aliphatic rings. The van der Waals surface area contributed by atoms with Crippen LogP contribution in [0, 0.1) is 17.7 Å². The Bertz CT molecular complexity index is 787. The molecule has 0 heterocycles. The highest BCUT2D eigenvalue weighted by atomic mass is 19.1. The minimum atomic E-state index is -0.256. The van der Waals surface area contributed by atoms with Crippen LogP contribution in [0.5, 0.6) is 0 Å². The first-order chi connectivity index (χ1) is 12.0. The van der Waals surface area contributed by atoms with Gasteiger partial charge in [-0.15, -0.1) is 0 Å². The molecule has 2 atom stereocenters. The Morgan fingerprint density at radius 2 is 1.60 bits per heavy atom. The summed E-state index contributed by atoms with van der Waals surface area (Å²) in [6.45, 7) is 3.65. The van der Waals surface area contributed by atoms with Crippen LogP contribution < -0.4 is 10.6 Å². The fourth-order valence-corrected chi connectivity index (χ4v) is 2.76. The zero-order valence-electron chi connectivity index (χ0n) is 14.3. The fraction of sp³-hybridized carbons (Fsp3) is 0.300. The first-order valence-corrected chi connectivity index (χ1v) is 8.42. The molecule has 3 rings (SSSR count). The number of carbonyl (C=O) groups excluding carboxylic acids is 2. The molecule has 2 amide bonds. The van der Waals surface area contributed by atoms with E-state index in [1.54, 1.807) is 42.5 Å². The largest absolute Gasteiger partial charge is 0.326 e. The van der Waals surface area contributed by atoms with E-state index in [-0.39, 0.29) is 35.4 Å². The number of anilines is 2. The number of amides is 2. The average Bonchev–Trinajstić information content (AvgIpc) is 3.37. The van der Waals surface area contributed by atoms with Crippen LogP contribution in [0.4, 0.5) is 15.8 Å². The van der Waals surface area contributed by atoms with Crippen LogP contribution in [0.2, 0.25) is 0 Å². The summed E-state index contributed by atoms with van der Waals surface area (Å²) in [6, 6.07) is 13.6. The Labute approximate surface area is 146 Å². The van der Waals surface area contributed by atoms with E-state index in [4.69, 9.17) is 0 Å². The molecule has 0 aromatic heterocycles. The van der Waals surface area contributed by atoms with E-state index in [1.807, 2.05) is 13.8 Å². The van der Waals surface area contributed by atoms with E-state index in [0.29, 0.717) is 23.4 Å². The lowest BCUT2D eigenvalue weighted by Crippen LogP contribution is -2.18. The van der Waals surface area contributed by atoms with Crippen molar-refractivity contribution in [2.75, 3.05) is 10.6 Å². The third-order valence-corrected chi connectivity index (χ3v) is 4.38. The Morgan fingerprint density at radius 3 is 2.20 bits per heavy atom. The summed E-state index contributed by atoms with van der Waals surface area (Å²) in [7, 11) is 0. The topological polar surface area (TPSA) is 58.2 Å². The average molecular weight is 340 g/mol. The van der Waals surface area contributed by atoms with E-state index >= 15 is 0 Å². The minimum Gasteiger partial charge on any atom is -0.326 e. The molecule has 0 saturated heterocycles. The van der Waals surface area contributed by atoms with Gasteiger partial charge in [-0.2, -0.15) is 0 Å². The maximum absolute atomic E-state index is 13.8. The van der Waals surface area contributed by atoms with E-state index in [2.05, 4.69) is 10.6 Å². The van der Waals surface area contributed by atoms with Gasteiger partial charge >= 0.3 is 0 Å². The van der Waals surface area contributed by atoms with Crippen molar-refractivity contribution in [2.24, 2.45) is 11.8 Å². The standard InChI is InChI=1S/C20H21FN2O2/c1-12(2)19(24)22-13-7-9-14(10-8-13)23-20(25)17-11-16(17)15-5-3-4-6-18(15)21/h3-10,12,16-17H,11H2,1-2H3,(H,22,24)(H,23,25). The summed E-state index contributed by atoms with van der Waals surface area (Å²) in [5.74, 6) is -0.754. The molecular weight excluding hydrogens is 319 g/mol. The second-order valence-corrected chi connectivity index (χ2v) is 6.68. The first-order valence-electron chi connectivity index (χ1n) is 8.42. The Hall–Kier alpha value is -2.69. The number of carbonyl (C=O) groups is 2. The monoisotopic (exact) mass is 340 g/mol. The van der Waals surface area contributed by atoms with Crippen molar-refractivity contribution in [3.8, 4) is 0 Å². The molecule has 25 heavy (non-hydrogen) atoms. The van der Waals surface area contributed by atoms with Crippen LogP contribution in [0.15, 0.2) is 48.5 Å². The Morgan fingerprint density at radius 1 is 1.00 bits per heavy atom. The van der Waals surface area contributed by atoms with Crippen LogP contribution in [-0.4, -0.2) is 11.8 Å². The number of nitrogens with one attached hydrogen (secondary N) is 2. The number of hydrogen-bond donors (Lipinski definition) is 2. The van der Waals surface area contributed by atoms with E-state index in [0.717, 1.165) is 0 Å². The second-order valence-electron chi connectivity index (χ2n) is 6.68. The maximum atomic E-state index is 13.8. The van der Waals surface area contributed by atoms with E-state index < -0.39 is 0 Å². The van der Waals surface area contributed by atoms with Crippen molar-refractivity contribution in [3.05, 3.63) is 59.9 Å². The molecule has 130 valence electrons. The number of benzene rings is 2. The molecule has 0 spiro atoms. The van der Waals surface area contributed by atoms with Gasteiger partial charge in [0.25, 0.3) is 0 Å². The molecule has 2 unspecified atom stereocenters. The van der Waals surface area contributed by atoms with Gasteiger partial charge in [0.15, 0.2) is 0 Å². The smallest absolute Gasteiger partial charge is 0.228 e. The van der Waals surface area contributed by atoms with Crippen LogP contribution in [0.1, 0.15) is 31.7 Å². The Balaban J connectivity index is 1.57. The second kappa shape index (κ2) is 7.05. The van der Waals surface area contributed by atoms with Gasteiger partial charge in [0.05, 0.1) is 0 Å². The summed E-state index contributed by atoms with van der Waals surface area (Å²) in [4.78, 5) is 24.0.